The first kappa shape index (κ1) is 19.0. The minimum atomic E-state index is -0.541. The molecule has 134 valence electrons. The summed E-state index contributed by atoms with van der Waals surface area (Å²) in [4.78, 5) is 12.6. The molecular weight excluding hydrogens is 310 g/mol. The molecule has 0 aromatic heterocycles. The van der Waals surface area contributed by atoms with Crippen LogP contribution in [0.5, 0.6) is 5.75 Å². The molecule has 0 aliphatic heterocycles. The predicted molar refractivity (Wildman–Crippen MR) is 103 cm³/mol. The van der Waals surface area contributed by atoms with Gasteiger partial charge < -0.3 is 10.1 Å². The third-order valence-corrected chi connectivity index (χ3v) is 4.39. The van der Waals surface area contributed by atoms with E-state index in [9.17, 15) is 4.79 Å². The van der Waals surface area contributed by atoms with Gasteiger partial charge in [-0.15, -0.1) is 0 Å². The molecule has 0 saturated carbocycles. The first-order valence-corrected chi connectivity index (χ1v) is 8.96. The Balaban J connectivity index is 2.05. The van der Waals surface area contributed by atoms with Crippen LogP contribution < -0.4 is 10.1 Å². The number of hydrogen-bond donors (Lipinski definition) is 1. The van der Waals surface area contributed by atoms with Crippen LogP contribution in [-0.4, -0.2) is 12.0 Å². The molecule has 3 nitrogen and oxygen atoms in total. The van der Waals surface area contributed by atoms with Gasteiger partial charge in [0.15, 0.2) is 6.10 Å². The molecule has 1 N–H and O–H groups in total. The van der Waals surface area contributed by atoms with Crippen LogP contribution in [0.25, 0.3) is 0 Å². The van der Waals surface area contributed by atoms with Gasteiger partial charge in [-0.1, -0.05) is 50.2 Å². The Morgan fingerprint density at radius 1 is 1.00 bits per heavy atom. The molecular formula is C22H29NO2. The minimum Gasteiger partial charge on any atom is -0.481 e. The summed E-state index contributed by atoms with van der Waals surface area (Å²) in [6.07, 6.45) is 0.354. The molecule has 0 spiro atoms. The second-order valence-corrected chi connectivity index (χ2v) is 7.11. The van der Waals surface area contributed by atoms with Crippen molar-refractivity contribution in [3.8, 4) is 5.75 Å². The second kappa shape index (κ2) is 8.70. The van der Waals surface area contributed by atoms with Crippen molar-refractivity contribution in [2.75, 3.05) is 0 Å². The van der Waals surface area contributed by atoms with E-state index in [1.54, 1.807) is 6.92 Å². The lowest BCUT2D eigenvalue weighted by molar-refractivity contribution is -0.128. The standard InChI is InChI=1S/C22H29NO2/c1-15(2)13-21(19-9-7-6-8-10-19)23-22(24)18(5)25-20-12-11-16(3)17(4)14-20/h6-12,14-15,18,21H,13H2,1-5H3,(H,23,24)/t18-,21+/m1/s1. The summed E-state index contributed by atoms with van der Waals surface area (Å²) >= 11 is 0. The molecule has 0 aliphatic carbocycles. The van der Waals surface area contributed by atoms with Gasteiger partial charge in [-0.2, -0.15) is 0 Å². The van der Waals surface area contributed by atoms with E-state index < -0.39 is 6.10 Å². The lowest BCUT2D eigenvalue weighted by atomic mass is 9.97. The van der Waals surface area contributed by atoms with Crippen molar-refractivity contribution >= 4 is 5.91 Å². The molecule has 2 atom stereocenters. The summed E-state index contributed by atoms with van der Waals surface area (Å²) in [5, 5.41) is 3.15. The minimum absolute atomic E-state index is 0.000459. The molecule has 0 fully saturated rings. The van der Waals surface area contributed by atoms with Gasteiger partial charge in [-0.25, -0.2) is 0 Å². The van der Waals surface area contributed by atoms with E-state index in [-0.39, 0.29) is 11.9 Å². The summed E-state index contributed by atoms with van der Waals surface area (Å²) in [7, 11) is 0. The van der Waals surface area contributed by atoms with Crippen LogP contribution in [0.3, 0.4) is 0 Å². The number of rotatable bonds is 7. The fraction of sp³-hybridized carbons (Fsp3) is 0.409. The van der Waals surface area contributed by atoms with Gasteiger partial charge in [0.2, 0.25) is 0 Å². The van der Waals surface area contributed by atoms with Crippen LogP contribution in [0.1, 0.15) is 49.9 Å². The zero-order valence-electron chi connectivity index (χ0n) is 15.9. The maximum atomic E-state index is 12.6. The average molecular weight is 339 g/mol. The molecule has 25 heavy (non-hydrogen) atoms. The third kappa shape index (κ3) is 5.63. The van der Waals surface area contributed by atoms with Gasteiger partial charge in [0.1, 0.15) is 5.75 Å². The summed E-state index contributed by atoms with van der Waals surface area (Å²) in [6, 6.07) is 16.0. The van der Waals surface area contributed by atoms with Gasteiger partial charge in [-0.05, 0) is 61.9 Å². The van der Waals surface area contributed by atoms with Crippen LogP contribution >= 0.6 is 0 Å². The van der Waals surface area contributed by atoms with Crippen LogP contribution in [0.15, 0.2) is 48.5 Å². The van der Waals surface area contributed by atoms with Crippen molar-refractivity contribution in [1.29, 1.82) is 0 Å². The molecule has 0 bridgehead atoms. The van der Waals surface area contributed by atoms with Crippen molar-refractivity contribution in [1.82, 2.24) is 5.32 Å². The summed E-state index contributed by atoms with van der Waals surface area (Å²) in [5.74, 6) is 1.13. The maximum absolute atomic E-state index is 12.6. The number of aryl methyl sites for hydroxylation is 2. The number of nitrogens with one attached hydrogen (secondary N) is 1. The number of carbonyl (C=O) groups excluding carboxylic acids is 1. The Morgan fingerprint density at radius 2 is 1.68 bits per heavy atom. The Bertz CT molecular complexity index is 694. The first-order chi connectivity index (χ1) is 11.9. The molecule has 2 aromatic carbocycles. The van der Waals surface area contributed by atoms with E-state index in [0.29, 0.717) is 5.92 Å². The largest absolute Gasteiger partial charge is 0.481 e. The zero-order valence-corrected chi connectivity index (χ0v) is 15.9. The van der Waals surface area contributed by atoms with Crippen molar-refractivity contribution in [2.24, 2.45) is 5.92 Å². The van der Waals surface area contributed by atoms with Gasteiger partial charge in [0.05, 0.1) is 6.04 Å². The Morgan fingerprint density at radius 3 is 2.28 bits per heavy atom. The van der Waals surface area contributed by atoms with Crippen molar-refractivity contribution < 1.29 is 9.53 Å². The van der Waals surface area contributed by atoms with E-state index >= 15 is 0 Å². The number of amides is 1. The molecule has 0 heterocycles. The highest BCUT2D eigenvalue weighted by atomic mass is 16.5. The number of ether oxygens (including phenoxy) is 1. The van der Waals surface area contributed by atoms with Crippen LogP contribution in [-0.2, 0) is 4.79 Å². The lowest BCUT2D eigenvalue weighted by Crippen LogP contribution is -2.39. The monoisotopic (exact) mass is 339 g/mol. The number of benzene rings is 2. The Hall–Kier alpha value is -2.29. The van der Waals surface area contributed by atoms with Gasteiger partial charge in [0, 0.05) is 0 Å². The van der Waals surface area contributed by atoms with E-state index in [2.05, 4.69) is 38.2 Å². The van der Waals surface area contributed by atoms with Gasteiger partial charge in [-0.3, -0.25) is 4.79 Å². The molecule has 2 rings (SSSR count). The SMILES string of the molecule is Cc1ccc(O[C@H](C)C(=O)N[C@@H](CC(C)C)c2ccccc2)cc1C. The molecule has 0 unspecified atom stereocenters. The third-order valence-electron chi connectivity index (χ3n) is 4.39. The predicted octanol–water partition coefficient (Wildman–Crippen LogP) is 4.97. The highest BCUT2D eigenvalue weighted by Crippen LogP contribution is 2.22. The number of carbonyl (C=O) groups is 1. The molecule has 3 heteroatoms. The van der Waals surface area contributed by atoms with Gasteiger partial charge >= 0.3 is 0 Å². The lowest BCUT2D eigenvalue weighted by Gasteiger charge is -2.23. The normalized spacial score (nSPS) is 13.4. The highest BCUT2D eigenvalue weighted by molar-refractivity contribution is 5.81. The summed E-state index contributed by atoms with van der Waals surface area (Å²) in [5.41, 5.74) is 3.50. The Labute approximate surface area is 151 Å². The van der Waals surface area contributed by atoms with E-state index in [4.69, 9.17) is 4.74 Å². The fourth-order valence-corrected chi connectivity index (χ4v) is 2.77. The second-order valence-electron chi connectivity index (χ2n) is 7.11. The topological polar surface area (TPSA) is 38.3 Å². The first-order valence-electron chi connectivity index (χ1n) is 8.96. The zero-order chi connectivity index (χ0) is 18.4. The van der Waals surface area contributed by atoms with Crippen molar-refractivity contribution in [3.63, 3.8) is 0 Å². The van der Waals surface area contributed by atoms with Crippen LogP contribution in [0.2, 0.25) is 0 Å². The van der Waals surface area contributed by atoms with Crippen molar-refractivity contribution in [3.05, 3.63) is 65.2 Å². The van der Waals surface area contributed by atoms with E-state index in [1.165, 1.54) is 5.56 Å². The highest BCUT2D eigenvalue weighted by Gasteiger charge is 2.21. The smallest absolute Gasteiger partial charge is 0.261 e. The summed E-state index contributed by atoms with van der Waals surface area (Å²) < 4.78 is 5.84. The van der Waals surface area contributed by atoms with Crippen LogP contribution in [0, 0.1) is 19.8 Å². The van der Waals surface area contributed by atoms with Crippen LogP contribution in [0.4, 0.5) is 0 Å². The van der Waals surface area contributed by atoms with E-state index in [1.807, 2.05) is 43.3 Å². The fourth-order valence-electron chi connectivity index (χ4n) is 2.77. The molecule has 0 saturated heterocycles. The molecule has 1 amide bonds. The molecule has 0 radical (unpaired) electrons. The molecule has 0 aliphatic rings. The maximum Gasteiger partial charge on any atom is 0.261 e. The summed E-state index contributed by atoms with van der Waals surface area (Å²) in [6.45, 7) is 10.2. The van der Waals surface area contributed by atoms with Gasteiger partial charge in [0.25, 0.3) is 5.91 Å². The van der Waals surface area contributed by atoms with E-state index in [0.717, 1.165) is 23.3 Å². The average Bonchev–Trinajstić information content (AvgIpc) is 2.58. The molecule has 2 aromatic rings. The number of hydrogen-bond acceptors (Lipinski definition) is 2. The quantitative estimate of drug-likeness (QED) is 0.773. The van der Waals surface area contributed by atoms with Crippen molar-refractivity contribution in [2.45, 2.75) is 53.2 Å². The Kier molecular flexibility index (Phi) is 6.63.